The summed E-state index contributed by atoms with van der Waals surface area (Å²) in [6.07, 6.45) is 2.40. The van der Waals surface area contributed by atoms with E-state index in [4.69, 9.17) is 9.47 Å². The Bertz CT molecular complexity index is 599. The first-order chi connectivity index (χ1) is 12.0. The highest BCUT2D eigenvalue weighted by Crippen LogP contribution is 2.26. The molecule has 0 aliphatic rings. The van der Waals surface area contributed by atoms with E-state index in [9.17, 15) is 9.59 Å². The van der Waals surface area contributed by atoms with Gasteiger partial charge in [-0.05, 0) is 39.4 Å². The van der Waals surface area contributed by atoms with Crippen molar-refractivity contribution in [2.75, 3.05) is 33.9 Å². The fourth-order valence-corrected chi connectivity index (χ4v) is 2.45. The maximum absolute atomic E-state index is 12.6. The van der Waals surface area contributed by atoms with Crippen molar-refractivity contribution >= 4 is 12.4 Å². The van der Waals surface area contributed by atoms with E-state index in [-0.39, 0.29) is 6.61 Å². The van der Waals surface area contributed by atoms with Crippen LogP contribution in [-0.4, -0.2) is 56.2 Å². The highest BCUT2D eigenvalue weighted by Gasteiger charge is 2.27. The van der Waals surface area contributed by atoms with Gasteiger partial charge in [-0.3, -0.25) is 9.78 Å². The fraction of sp³-hybridized carbons (Fsp3) is 0.500. The monoisotopic (exact) mass is 349 g/mol. The molecular weight excluding hydrogens is 322 g/mol. The minimum absolute atomic E-state index is 0.247. The van der Waals surface area contributed by atoms with Crippen molar-refractivity contribution in [3.8, 4) is 0 Å². The van der Waals surface area contributed by atoms with Crippen LogP contribution in [0.15, 0.2) is 29.6 Å². The molecule has 0 fully saturated rings. The Morgan fingerprint density at radius 1 is 1.44 bits per heavy atom. The van der Waals surface area contributed by atoms with Crippen molar-refractivity contribution in [2.45, 2.75) is 26.8 Å². The number of ether oxygens (including phenoxy) is 2. The molecule has 0 aliphatic carbocycles. The van der Waals surface area contributed by atoms with Crippen LogP contribution >= 0.6 is 0 Å². The van der Waals surface area contributed by atoms with Crippen LogP contribution in [0.3, 0.4) is 0 Å². The molecule has 0 aliphatic heterocycles. The highest BCUT2D eigenvalue weighted by atomic mass is 16.5. The average molecular weight is 349 g/mol. The molecule has 138 valence electrons. The third-order valence-corrected chi connectivity index (χ3v) is 3.82. The molecule has 0 bridgehead atoms. The van der Waals surface area contributed by atoms with Crippen molar-refractivity contribution in [1.29, 1.82) is 0 Å². The Morgan fingerprint density at radius 3 is 2.64 bits per heavy atom. The molecular formula is C18H27N3O4. The van der Waals surface area contributed by atoms with E-state index < -0.39 is 12.0 Å². The molecule has 1 aromatic rings. The number of carbonyl (C=O) groups is 2. The molecule has 1 amide bonds. The first kappa shape index (κ1) is 20.8. The number of allylic oxidation sites excluding steroid dienone is 1. The largest absolute Gasteiger partial charge is 0.463 e. The molecule has 0 spiro atoms. The molecule has 1 atom stereocenters. The van der Waals surface area contributed by atoms with E-state index >= 15 is 0 Å². The van der Waals surface area contributed by atoms with E-state index in [0.29, 0.717) is 30.8 Å². The number of methoxy groups -OCH3 is 1. The number of aromatic nitrogens is 1. The number of likely N-dealkylation sites (N-methyl/N-ethyl adjacent to an activating group) is 1. The second-order valence-electron chi connectivity index (χ2n) is 5.47. The zero-order valence-corrected chi connectivity index (χ0v) is 15.5. The number of hydrogen-bond donors (Lipinski definition) is 1. The zero-order valence-electron chi connectivity index (χ0n) is 15.5. The Kier molecular flexibility index (Phi) is 8.80. The summed E-state index contributed by atoms with van der Waals surface area (Å²) in [6.45, 7) is 6.32. The van der Waals surface area contributed by atoms with Gasteiger partial charge in [0, 0.05) is 31.2 Å². The second kappa shape index (κ2) is 10.6. The van der Waals surface area contributed by atoms with Gasteiger partial charge in [0.2, 0.25) is 6.41 Å². The maximum Gasteiger partial charge on any atom is 0.337 e. The fourth-order valence-electron chi connectivity index (χ4n) is 2.45. The van der Waals surface area contributed by atoms with Crippen LogP contribution in [-0.2, 0) is 19.1 Å². The molecule has 0 aromatic carbocycles. The van der Waals surface area contributed by atoms with Gasteiger partial charge < -0.3 is 19.7 Å². The predicted octanol–water partition coefficient (Wildman–Crippen LogP) is 1.59. The van der Waals surface area contributed by atoms with Crippen LogP contribution < -0.4 is 5.32 Å². The normalized spacial score (nSPS) is 13.0. The molecule has 1 N–H and O–H groups in total. The van der Waals surface area contributed by atoms with Crippen molar-refractivity contribution in [3.05, 3.63) is 40.9 Å². The summed E-state index contributed by atoms with van der Waals surface area (Å²) in [5, 5.41) is 3.12. The third-order valence-electron chi connectivity index (χ3n) is 3.82. The number of aryl methyl sites for hydroxylation is 1. The number of hydrogen-bond acceptors (Lipinski definition) is 6. The lowest BCUT2D eigenvalue weighted by atomic mass is 9.97. The van der Waals surface area contributed by atoms with Crippen molar-refractivity contribution in [1.82, 2.24) is 15.2 Å². The van der Waals surface area contributed by atoms with Crippen molar-refractivity contribution < 1.29 is 19.1 Å². The highest BCUT2D eigenvalue weighted by molar-refractivity contribution is 5.91. The van der Waals surface area contributed by atoms with E-state index in [2.05, 4.69) is 10.3 Å². The van der Waals surface area contributed by atoms with Gasteiger partial charge >= 0.3 is 5.97 Å². The van der Waals surface area contributed by atoms with E-state index in [1.54, 1.807) is 34.2 Å². The van der Waals surface area contributed by atoms with Gasteiger partial charge in [-0.15, -0.1) is 0 Å². The van der Waals surface area contributed by atoms with Crippen LogP contribution in [0.2, 0.25) is 0 Å². The Balaban J connectivity index is 3.37. The number of nitrogens with one attached hydrogen (secondary N) is 1. The summed E-state index contributed by atoms with van der Waals surface area (Å²) < 4.78 is 10.3. The molecule has 0 saturated heterocycles. The number of rotatable bonds is 10. The standard InChI is InChI=1S/C18H27N3O4/c1-6-25-18(23)16(14(3)21(12-22)9-10-24-5)17(19-4)15-8-7-13(2)20-11-15/h7-8,11-12,17,19H,6,9-10H2,1-5H3/b16-14+. The lowest BCUT2D eigenvalue weighted by Gasteiger charge is -2.26. The number of pyridine rings is 1. The number of nitrogens with zero attached hydrogens (tertiary/aromatic N) is 2. The third kappa shape index (κ3) is 5.65. The first-order valence-electron chi connectivity index (χ1n) is 8.18. The predicted molar refractivity (Wildman–Crippen MR) is 94.8 cm³/mol. The zero-order chi connectivity index (χ0) is 18.8. The number of amides is 1. The Hall–Kier alpha value is -2.25. The van der Waals surface area contributed by atoms with Gasteiger partial charge in [0.15, 0.2) is 0 Å². The van der Waals surface area contributed by atoms with Crippen LogP contribution in [0.4, 0.5) is 0 Å². The lowest BCUT2D eigenvalue weighted by Crippen LogP contribution is -2.32. The van der Waals surface area contributed by atoms with Gasteiger partial charge in [-0.1, -0.05) is 6.07 Å². The summed E-state index contributed by atoms with van der Waals surface area (Å²) in [5.41, 5.74) is 2.59. The quantitative estimate of drug-likeness (QED) is 0.392. The molecule has 7 nitrogen and oxygen atoms in total. The molecule has 0 radical (unpaired) electrons. The van der Waals surface area contributed by atoms with Gasteiger partial charge in [0.25, 0.3) is 0 Å². The number of esters is 1. The van der Waals surface area contributed by atoms with Crippen LogP contribution in [0, 0.1) is 6.92 Å². The molecule has 25 heavy (non-hydrogen) atoms. The van der Waals surface area contributed by atoms with Gasteiger partial charge in [0.05, 0.1) is 24.8 Å². The first-order valence-corrected chi connectivity index (χ1v) is 8.18. The molecule has 1 rings (SSSR count). The SMILES string of the molecule is CCOC(=O)/C(=C(\C)N(C=O)CCOC)C(NC)c1ccc(C)nc1. The molecule has 1 aromatic heterocycles. The Labute approximate surface area is 149 Å². The van der Waals surface area contributed by atoms with Crippen LogP contribution in [0.1, 0.15) is 31.1 Å². The topological polar surface area (TPSA) is 80.8 Å². The minimum atomic E-state index is -0.468. The van der Waals surface area contributed by atoms with Gasteiger partial charge in [-0.25, -0.2) is 4.79 Å². The average Bonchev–Trinajstić information content (AvgIpc) is 2.61. The molecule has 1 heterocycles. The Morgan fingerprint density at radius 2 is 2.16 bits per heavy atom. The van der Waals surface area contributed by atoms with Crippen molar-refractivity contribution in [3.63, 3.8) is 0 Å². The summed E-state index contributed by atoms with van der Waals surface area (Å²) in [6, 6.07) is 3.33. The van der Waals surface area contributed by atoms with E-state index in [1.165, 1.54) is 4.90 Å². The smallest absolute Gasteiger partial charge is 0.337 e. The minimum Gasteiger partial charge on any atom is -0.463 e. The van der Waals surface area contributed by atoms with Crippen molar-refractivity contribution in [2.24, 2.45) is 0 Å². The summed E-state index contributed by atoms with van der Waals surface area (Å²) in [5.74, 6) is -0.468. The molecule has 1 unspecified atom stereocenters. The van der Waals surface area contributed by atoms with E-state index in [0.717, 1.165) is 11.3 Å². The summed E-state index contributed by atoms with van der Waals surface area (Å²) in [4.78, 5) is 29.8. The van der Waals surface area contributed by atoms with Crippen LogP contribution in [0.25, 0.3) is 0 Å². The molecule has 0 saturated carbocycles. The van der Waals surface area contributed by atoms with Crippen LogP contribution in [0.5, 0.6) is 0 Å². The number of carbonyl (C=O) groups excluding carboxylic acids is 2. The van der Waals surface area contributed by atoms with Gasteiger partial charge in [-0.2, -0.15) is 0 Å². The molecule has 7 heteroatoms. The second-order valence-corrected chi connectivity index (χ2v) is 5.47. The van der Waals surface area contributed by atoms with E-state index in [1.807, 2.05) is 19.1 Å². The maximum atomic E-state index is 12.6. The summed E-state index contributed by atoms with van der Waals surface area (Å²) in [7, 11) is 3.31. The lowest BCUT2D eigenvalue weighted by molar-refractivity contribution is -0.139. The summed E-state index contributed by atoms with van der Waals surface area (Å²) >= 11 is 0. The van der Waals surface area contributed by atoms with Gasteiger partial charge in [0.1, 0.15) is 0 Å².